The van der Waals surface area contributed by atoms with Gasteiger partial charge in [-0.25, -0.2) is 4.98 Å². The first kappa shape index (κ1) is 11.1. The second kappa shape index (κ2) is 4.48. The summed E-state index contributed by atoms with van der Waals surface area (Å²) < 4.78 is 10.6. The lowest BCUT2D eigenvalue weighted by molar-refractivity contribution is -0.0282. The Morgan fingerprint density at radius 2 is 2.08 bits per heavy atom. The van der Waals surface area contributed by atoms with Crippen LogP contribution in [0.3, 0.4) is 0 Å². The van der Waals surface area contributed by atoms with Gasteiger partial charge in [0.2, 0.25) is 0 Å². The van der Waals surface area contributed by atoms with Crippen molar-refractivity contribution in [3.63, 3.8) is 0 Å². The third-order valence-corrected chi connectivity index (χ3v) is 3.46. The standard InChI is InChI=1S/C8H13BrN2OS/c1-4-8(5-2,12-3)6-10-7(9)13-11-6/h4-5H2,1-3H3. The van der Waals surface area contributed by atoms with Gasteiger partial charge in [0, 0.05) is 7.11 Å². The normalized spacial score (nSPS) is 12.0. The minimum atomic E-state index is -0.303. The molecule has 0 unspecified atom stereocenters. The average Bonchev–Trinajstić information content (AvgIpc) is 2.57. The molecule has 0 bridgehead atoms. The molecule has 0 atom stereocenters. The maximum absolute atomic E-state index is 5.50. The van der Waals surface area contributed by atoms with E-state index < -0.39 is 0 Å². The topological polar surface area (TPSA) is 35.0 Å². The maximum atomic E-state index is 5.50. The van der Waals surface area contributed by atoms with E-state index in [9.17, 15) is 0 Å². The van der Waals surface area contributed by atoms with Crippen LogP contribution in [0.5, 0.6) is 0 Å². The molecule has 0 aliphatic heterocycles. The molecule has 1 heterocycles. The molecule has 0 spiro atoms. The van der Waals surface area contributed by atoms with E-state index in [1.807, 2.05) is 0 Å². The van der Waals surface area contributed by atoms with Crippen molar-refractivity contribution in [2.24, 2.45) is 0 Å². The zero-order chi connectivity index (χ0) is 9.90. The molecule has 0 fully saturated rings. The number of ether oxygens (including phenoxy) is 1. The maximum Gasteiger partial charge on any atom is 0.179 e. The highest BCUT2D eigenvalue weighted by molar-refractivity contribution is 9.11. The molecule has 13 heavy (non-hydrogen) atoms. The van der Waals surface area contributed by atoms with Crippen molar-refractivity contribution in [2.45, 2.75) is 32.3 Å². The van der Waals surface area contributed by atoms with Gasteiger partial charge in [-0.2, -0.15) is 4.37 Å². The monoisotopic (exact) mass is 264 g/mol. The van der Waals surface area contributed by atoms with E-state index in [2.05, 4.69) is 39.1 Å². The van der Waals surface area contributed by atoms with E-state index in [1.165, 1.54) is 11.5 Å². The fourth-order valence-electron chi connectivity index (χ4n) is 1.34. The highest BCUT2D eigenvalue weighted by Gasteiger charge is 2.32. The highest BCUT2D eigenvalue weighted by Crippen LogP contribution is 2.31. The lowest BCUT2D eigenvalue weighted by Gasteiger charge is -2.26. The van der Waals surface area contributed by atoms with Crippen LogP contribution < -0.4 is 0 Å². The van der Waals surface area contributed by atoms with Gasteiger partial charge in [-0.1, -0.05) is 13.8 Å². The van der Waals surface area contributed by atoms with Gasteiger partial charge in [-0.15, -0.1) is 0 Å². The van der Waals surface area contributed by atoms with E-state index >= 15 is 0 Å². The second-order valence-electron chi connectivity index (χ2n) is 2.78. The largest absolute Gasteiger partial charge is 0.370 e. The van der Waals surface area contributed by atoms with E-state index in [-0.39, 0.29) is 5.60 Å². The summed E-state index contributed by atoms with van der Waals surface area (Å²) in [4.78, 5) is 4.29. The first-order valence-electron chi connectivity index (χ1n) is 4.23. The number of hydrogen-bond acceptors (Lipinski definition) is 4. The first-order valence-corrected chi connectivity index (χ1v) is 5.80. The molecule has 1 aromatic rings. The molecule has 0 aromatic carbocycles. The second-order valence-corrected chi connectivity index (χ2v) is 4.80. The van der Waals surface area contributed by atoms with Crippen LogP contribution in [-0.2, 0) is 10.3 Å². The summed E-state index contributed by atoms with van der Waals surface area (Å²) in [6, 6.07) is 0. The van der Waals surface area contributed by atoms with Gasteiger partial charge >= 0.3 is 0 Å². The Hall–Kier alpha value is -0.0000000000000000555. The zero-order valence-corrected chi connectivity index (χ0v) is 10.4. The summed E-state index contributed by atoms with van der Waals surface area (Å²) >= 11 is 4.65. The van der Waals surface area contributed by atoms with Crippen molar-refractivity contribution < 1.29 is 4.74 Å². The Kier molecular flexibility index (Phi) is 3.82. The van der Waals surface area contributed by atoms with Gasteiger partial charge in [0.1, 0.15) is 5.60 Å². The van der Waals surface area contributed by atoms with Gasteiger partial charge in [0.25, 0.3) is 0 Å². The van der Waals surface area contributed by atoms with E-state index in [4.69, 9.17) is 4.74 Å². The molecular formula is C8H13BrN2OS. The summed E-state index contributed by atoms with van der Waals surface area (Å²) in [5.74, 6) is 0.789. The SMILES string of the molecule is CCC(CC)(OC)c1nsc(Br)n1. The molecule has 1 aromatic heterocycles. The summed E-state index contributed by atoms with van der Waals surface area (Å²) in [5.41, 5.74) is -0.303. The van der Waals surface area contributed by atoms with Crippen LogP contribution >= 0.6 is 27.5 Å². The van der Waals surface area contributed by atoms with Crippen LogP contribution in [0, 0.1) is 0 Å². The number of aromatic nitrogens is 2. The lowest BCUT2D eigenvalue weighted by atomic mass is 9.96. The Labute approximate surface area is 90.8 Å². The molecule has 74 valence electrons. The van der Waals surface area contributed by atoms with Gasteiger partial charge in [-0.3, -0.25) is 0 Å². The predicted octanol–water partition coefficient (Wildman–Crippen LogP) is 2.96. The summed E-state index contributed by atoms with van der Waals surface area (Å²) in [7, 11) is 1.71. The molecule has 0 radical (unpaired) electrons. The van der Waals surface area contributed by atoms with Crippen LogP contribution in [0.25, 0.3) is 0 Å². The van der Waals surface area contributed by atoms with Crippen LogP contribution in [0.4, 0.5) is 0 Å². The number of methoxy groups -OCH3 is 1. The molecule has 0 aliphatic carbocycles. The number of nitrogens with zero attached hydrogens (tertiary/aromatic N) is 2. The van der Waals surface area contributed by atoms with E-state index in [0.29, 0.717) is 0 Å². The van der Waals surface area contributed by atoms with Gasteiger partial charge < -0.3 is 4.74 Å². The average molecular weight is 265 g/mol. The summed E-state index contributed by atoms with van der Waals surface area (Å²) in [5, 5.41) is 0. The number of hydrogen-bond donors (Lipinski definition) is 0. The molecular weight excluding hydrogens is 252 g/mol. The summed E-state index contributed by atoms with van der Waals surface area (Å²) in [6.07, 6.45) is 1.78. The predicted molar refractivity (Wildman–Crippen MR) is 56.9 cm³/mol. The molecule has 0 amide bonds. The van der Waals surface area contributed by atoms with E-state index in [1.54, 1.807) is 7.11 Å². The Morgan fingerprint density at radius 3 is 2.38 bits per heavy atom. The molecule has 5 heteroatoms. The molecule has 3 nitrogen and oxygen atoms in total. The molecule has 0 aliphatic rings. The summed E-state index contributed by atoms with van der Waals surface area (Å²) in [6.45, 7) is 4.17. The Balaban J connectivity index is 3.00. The van der Waals surface area contributed by atoms with Crippen molar-refractivity contribution in [1.82, 2.24) is 9.36 Å². The minimum absolute atomic E-state index is 0.303. The number of rotatable bonds is 4. The smallest absolute Gasteiger partial charge is 0.179 e. The van der Waals surface area contributed by atoms with Crippen LogP contribution in [0.2, 0.25) is 0 Å². The van der Waals surface area contributed by atoms with Gasteiger partial charge in [0.15, 0.2) is 9.74 Å². The molecule has 0 saturated heterocycles. The minimum Gasteiger partial charge on any atom is -0.370 e. The van der Waals surface area contributed by atoms with Crippen LogP contribution in [0.1, 0.15) is 32.5 Å². The van der Waals surface area contributed by atoms with Crippen molar-refractivity contribution in [3.8, 4) is 0 Å². The fourth-order valence-corrected chi connectivity index (χ4v) is 2.22. The molecule has 1 rings (SSSR count). The number of halogens is 1. The molecule has 0 N–H and O–H groups in total. The highest BCUT2D eigenvalue weighted by atomic mass is 79.9. The zero-order valence-electron chi connectivity index (χ0n) is 8.00. The quantitative estimate of drug-likeness (QED) is 0.839. The first-order chi connectivity index (χ1) is 6.18. The fraction of sp³-hybridized carbons (Fsp3) is 0.750. The van der Waals surface area contributed by atoms with Gasteiger partial charge in [0.05, 0.1) is 0 Å². The Morgan fingerprint density at radius 1 is 1.46 bits per heavy atom. The van der Waals surface area contributed by atoms with Crippen molar-refractivity contribution >= 4 is 27.5 Å². The van der Waals surface area contributed by atoms with Crippen molar-refractivity contribution in [2.75, 3.05) is 7.11 Å². The Bertz CT molecular complexity index is 265. The van der Waals surface area contributed by atoms with E-state index in [0.717, 1.165) is 22.6 Å². The van der Waals surface area contributed by atoms with Crippen LogP contribution in [-0.4, -0.2) is 16.5 Å². The van der Waals surface area contributed by atoms with Crippen LogP contribution in [0.15, 0.2) is 3.92 Å². The third kappa shape index (κ3) is 2.08. The molecule has 0 saturated carbocycles. The lowest BCUT2D eigenvalue weighted by Crippen LogP contribution is -2.28. The van der Waals surface area contributed by atoms with Crippen molar-refractivity contribution in [1.29, 1.82) is 0 Å². The van der Waals surface area contributed by atoms with Crippen molar-refractivity contribution in [3.05, 3.63) is 9.74 Å². The third-order valence-electron chi connectivity index (χ3n) is 2.34. The van der Waals surface area contributed by atoms with Gasteiger partial charge in [-0.05, 0) is 40.3 Å².